The van der Waals surface area contributed by atoms with E-state index in [4.69, 9.17) is 9.47 Å². The van der Waals surface area contributed by atoms with Crippen LogP contribution in [0.2, 0.25) is 0 Å². The lowest BCUT2D eigenvalue weighted by atomic mass is 10.1. The predicted molar refractivity (Wildman–Crippen MR) is 91.3 cm³/mol. The Kier molecular flexibility index (Phi) is 4.99. The molecule has 1 amide bonds. The monoisotopic (exact) mass is 326 g/mol. The lowest BCUT2D eigenvalue weighted by molar-refractivity contribution is -0.129. The van der Waals surface area contributed by atoms with E-state index >= 15 is 0 Å². The average Bonchev–Trinajstić information content (AvgIpc) is 3.06. The number of hydrogen-bond donors (Lipinski definition) is 0. The average molecular weight is 326 g/mol. The first-order valence-corrected chi connectivity index (χ1v) is 8.14. The number of amides is 1. The number of hydrogen-bond acceptors (Lipinski definition) is 4. The molecule has 1 unspecified atom stereocenters. The summed E-state index contributed by atoms with van der Waals surface area (Å²) in [4.78, 5) is 18.6. The molecule has 2 aromatic rings. The van der Waals surface area contributed by atoms with E-state index in [2.05, 4.69) is 4.98 Å². The summed E-state index contributed by atoms with van der Waals surface area (Å²) in [5.41, 5.74) is 2.01. The number of ether oxygens (including phenoxy) is 2. The van der Waals surface area contributed by atoms with Gasteiger partial charge in [-0.3, -0.25) is 4.79 Å². The highest BCUT2D eigenvalue weighted by Gasteiger charge is 2.28. The maximum atomic E-state index is 12.5. The normalized spacial score (nSPS) is 16.9. The third-order valence-electron chi connectivity index (χ3n) is 4.20. The highest BCUT2D eigenvalue weighted by molar-refractivity contribution is 5.79. The number of aryl methyl sites for hydroxylation is 1. The second-order valence-corrected chi connectivity index (χ2v) is 6.03. The highest BCUT2D eigenvalue weighted by atomic mass is 16.5. The van der Waals surface area contributed by atoms with Gasteiger partial charge in [-0.25, -0.2) is 4.98 Å². The number of pyridine rings is 1. The van der Waals surface area contributed by atoms with Crippen LogP contribution in [0.3, 0.4) is 0 Å². The molecular weight excluding hydrogens is 304 g/mol. The van der Waals surface area contributed by atoms with Crippen molar-refractivity contribution in [3.63, 3.8) is 0 Å². The molecule has 2 heterocycles. The van der Waals surface area contributed by atoms with Crippen LogP contribution in [-0.2, 0) is 11.2 Å². The van der Waals surface area contributed by atoms with E-state index in [1.54, 1.807) is 13.3 Å². The molecule has 0 N–H and O–H groups in total. The quantitative estimate of drug-likeness (QED) is 0.847. The first-order chi connectivity index (χ1) is 11.7. The minimum Gasteiger partial charge on any atom is -0.496 e. The van der Waals surface area contributed by atoms with Crippen LogP contribution in [0.1, 0.15) is 17.5 Å². The Balaban J connectivity index is 1.56. The summed E-state index contributed by atoms with van der Waals surface area (Å²) in [6.45, 7) is 3.30. The summed E-state index contributed by atoms with van der Waals surface area (Å²) in [5.74, 6) is 1.47. The molecule has 1 saturated heterocycles. The molecule has 0 saturated carbocycles. The number of methoxy groups -OCH3 is 1. The number of carbonyl (C=O) groups excluding carboxylic acids is 1. The Morgan fingerprint density at radius 1 is 1.29 bits per heavy atom. The number of likely N-dealkylation sites (tertiary alicyclic amines) is 1. The lowest BCUT2D eigenvalue weighted by Crippen LogP contribution is -2.32. The Hall–Kier alpha value is -2.56. The molecule has 1 fully saturated rings. The number of aromatic nitrogens is 1. The van der Waals surface area contributed by atoms with Gasteiger partial charge in [-0.2, -0.15) is 0 Å². The lowest BCUT2D eigenvalue weighted by Gasteiger charge is -2.18. The van der Waals surface area contributed by atoms with E-state index in [0.29, 0.717) is 25.4 Å². The zero-order valence-corrected chi connectivity index (χ0v) is 14.1. The summed E-state index contributed by atoms with van der Waals surface area (Å²) in [6, 6.07) is 11.5. The fraction of sp³-hybridized carbons (Fsp3) is 0.368. The number of carbonyl (C=O) groups is 1. The molecule has 0 spiro atoms. The molecule has 1 atom stereocenters. The number of nitrogens with zero attached hydrogens (tertiary/aromatic N) is 2. The Bertz CT molecular complexity index is 700. The van der Waals surface area contributed by atoms with Gasteiger partial charge >= 0.3 is 0 Å². The molecular formula is C19H22N2O3. The Morgan fingerprint density at radius 2 is 2.12 bits per heavy atom. The summed E-state index contributed by atoms with van der Waals surface area (Å²) < 4.78 is 11.2. The molecule has 0 radical (unpaired) electrons. The van der Waals surface area contributed by atoms with Crippen molar-refractivity contribution in [3.05, 3.63) is 53.7 Å². The largest absolute Gasteiger partial charge is 0.496 e. The molecule has 3 rings (SSSR count). The predicted octanol–water partition coefficient (Wildman–Crippen LogP) is 2.62. The molecule has 1 aromatic heterocycles. The van der Waals surface area contributed by atoms with Gasteiger partial charge in [0.15, 0.2) is 0 Å². The molecule has 126 valence electrons. The van der Waals surface area contributed by atoms with Crippen molar-refractivity contribution in [2.75, 3.05) is 20.2 Å². The van der Waals surface area contributed by atoms with Gasteiger partial charge in [0.05, 0.1) is 20.1 Å². The van der Waals surface area contributed by atoms with Crippen LogP contribution in [0.4, 0.5) is 0 Å². The van der Waals surface area contributed by atoms with Crippen LogP contribution in [0.5, 0.6) is 11.6 Å². The molecule has 5 heteroatoms. The molecule has 1 aliphatic rings. The number of para-hydroxylation sites is 1. The maximum absolute atomic E-state index is 12.5. The van der Waals surface area contributed by atoms with Crippen molar-refractivity contribution in [1.82, 2.24) is 9.88 Å². The molecule has 1 aromatic carbocycles. The molecule has 24 heavy (non-hydrogen) atoms. The van der Waals surface area contributed by atoms with Crippen LogP contribution in [-0.4, -0.2) is 42.1 Å². The standard InChI is InChI=1S/C19H22N2O3/c1-14-7-8-18(20-12-14)24-16-9-10-21(13-16)19(22)11-15-5-3-4-6-17(15)23-2/h3-8,12,16H,9-11,13H2,1-2H3. The summed E-state index contributed by atoms with van der Waals surface area (Å²) >= 11 is 0. The summed E-state index contributed by atoms with van der Waals surface area (Å²) in [7, 11) is 1.62. The third-order valence-corrected chi connectivity index (χ3v) is 4.20. The van der Waals surface area contributed by atoms with E-state index < -0.39 is 0 Å². The van der Waals surface area contributed by atoms with Crippen LogP contribution in [0.15, 0.2) is 42.6 Å². The van der Waals surface area contributed by atoms with Gasteiger partial charge in [0.2, 0.25) is 11.8 Å². The zero-order chi connectivity index (χ0) is 16.9. The Morgan fingerprint density at radius 3 is 2.88 bits per heavy atom. The van der Waals surface area contributed by atoms with Crippen molar-refractivity contribution in [3.8, 4) is 11.6 Å². The van der Waals surface area contributed by atoms with Crippen molar-refractivity contribution in [2.45, 2.75) is 25.9 Å². The third kappa shape index (κ3) is 3.85. The fourth-order valence-electron chi connectivity index (χ4n) is 2.87. The van der Waals surface area contributed by atoms with Gasteiger partial charge in [-0.05, 0) is 18.6 Å². The Labute approximate surface area is 142 Å². The van der Waals surface area contributed by atoms with Crippen molar-refractivity contribution >= 4 is 5.91 Å². The van der Waals surface area contributed by atoms with Crippen LogP contribution in [0.25, 0.3) is 0 Å². The van der Waals surface area contributed by atoms with E-state index in [1.807, 2.05) is 48.2 Å². The van der Waals surface area contributed by atoms with Gasteiger partial charge in [-0.1, -0.05) is 24.3 Å². The minimum absolute atomic E-state index is 0.00169. The first-order valence-electron chi connectivity index (χ1n) is 8.14. The van der Waals surface area contributed by atoms with Gasteiger partial charge in [0, 0.05) is 30.8 Å². The highest BCUT2D eigenvalue weighted by Crippen LogP contribution is 2.21. The smallest absolute Gasteiger partial charge is 0.227 e. The van der Waals surface area contributed by atoms with Gasteiger partial charge in [-0.15, -0.1) is 0 Å². The number of benzene rings is 1. The first kappa shape index (κ1) is 16.3. The van der Waals surface area contributed by atoms with Crippen LogP contribution >= 0.6 is 0 Å². The maximum Gasteiger partial charge on any atom is 0.227 e. The topological polar surface area (TPSA) is 51.7 Å². The number of rotatable bonds is 5. The van der Waals surface area contributed by atoms with Crippen molar-refractivity contribution < 1.29 is 14.3 Å². The fourth-order valence-corrected chi connectivity index (χ4v) is 2.87. The molecule has 0 bridgehead atoms. The van der Waals surface area contributed by atoms with Crippen molar-refractivity contribution in [2.24, 2.45) is 0 Å². The van der Waals surface area contributed by atoms with Crippen LogP contribution in [0, 0.1) is 6.92 Å². The molecule has 5 nitrogen and oxygen atoms in total. The SMILES string of the molecule is COc1ccccc1CC(=O)N1CCC(Oc2ccc(C)cn2)C1. The molecule has 1 aliphatic heterocycles. The van der Waals surface area contributed by atoms with Gasteiger partial charge in [0.1, 0.15) is 11.9 Å². The van der Waals surface area contributed by atoms with Crippen molar-refractivity contribution in [1.29, 1.82) is 0 Å². The van der Waals surface area contributed by atoms with E-state index in [0.717, 1.165) is 23.3 Å². The van der Waals surface area contributed by atoms with E-state index in [9.17, 15) is 4.79 Å². The second-order valence-electron chi connectivity index (χ2n) is 6.03. The van der Waals surface area contributed by atoms with Gasteiger partial charge < -0.3 is 14.4 Å². The summed E-state index contributed by atoms with van der Waals surface area (Å²) in [5, 5.41) is 0. The molecule has 0 aliphatic carbocycles. The van der Waals surface area contributed by atoms with E-state index in [-0.39, 0.29) is 12.0 Å². The zero-order valence-electron chi connectivity index (χ0n) is 14.1. The summed E-state index contributed by atoms with van der Waals surface area (Å²) in [6.07, 6.45) is 2.96. The second kappa shape index (κ2) is 7.34. The van der Waals surface area contributed by atoms with Crippen LogP contribution < -0.4 is 9.47 Å². The minimum atomic E-state index is 0.00169. The van der Waals surface area contributed by atoms with Gasteiger partial charge in [0.25, 0.3) is 0 Å². The van der Waals surface area contributed by atoms with E-state index in [1.165, 1.54) is 0 Å².